The molecule has 0 N–H and O–H groups in total. The Bertz CT molecular complexity index is 492. The molecule has 4 rings (SSSR count). The normalized spacial score (nSPS) is 41.7. The predicted octanol–water partition coefficient (Wildman–Crippen LogP) is 0.277. The van der Waals surface area contributed by atoms with E-state index in [4.69, 9.17) is 9.47 Å². The number of ketones is 2. The largest absolute Gasteiger partial charge is 0.468 e. The van der Waals surface area contributed by atoms with Crippen LogP contribution in [0, 0.1) is 22.7 Å². The van der Waals surface area contributed by atoms with Gasteiger partial charge in [-0.1, -0.05) is 0 Å². The number of carbonyl (C=O) groups excluding carboxylic acids is 4. The van der Waals surface area contributed by atoms with Gasteiger partial charge >= 0.3 is 11.9 Å². The van der Waals surface area contributed by atoms with E-state index in [0.29, 0.717) is 6.42 Å². The zero-order chi connectivity index (χ0) is 14.7. The second-order valence-electron chi connectivity index (χ2n) is 6.09. The maximum absolute atomic E-state index is 12.5. The molecule has 108 valence electrons. The van der Waals surface area contributed by atoms with Gasteiger partial charge in [0, 0.05) is 11.8 Å². The molecule has 20 heavy (non-hydrogen) atoms. The highest BCUT2D eigenvalue weighted by Gasteiger charge is 2.72. The summed E-state index contributed by atoms with van der Waals surface area (Å²) in [6, 6.07) is 0. The molecule has 4 fully saturated rings. The van der Waals surface area contributed by atoms with Gasteiger partial charge < -0.3 is 9.47 Å². The molecule has 0 radical (unpaired) electrons. The van der Waals surface area contributed by atoms with Crippen LogP contribution in [0.2, 0.25) is 0 Å². The number of hydrogen-bond donors (Lipinski definition) is 0. The van der Waals surface area contributed by atoms with Crippen LogP contribution in [0.4, 0.5) is 0 Å². The average molecular weight is 280 g/mol. The van der Waals surface area contributed by atoms with E-state index in [2.05, 4.69) is 0 Å². The summed E-state index contributed by atoms with van der Waals surface area (Å²) in [6.07, 6.45) is 0.693. The molecule has 0 saturated heterocycles. The molecule has 4 aliphatic carbocycles. The first-order chi connectivity index (χ1) is 9.41. The molecule has 0 aromatic carbocycles. The van der Waals surface area contributed by atoms with Gasteiger partial charge in [-0.25, -0.2) is 0 Å². The fourth-order valence-corrected chi connectivity index (χ4v) is 4.47. The van der Waals surface area contributed by atoms with Crippen LogP contribution in [0.1, 0.15) is 25.7 Å². The Hall–Kier alpha value is -1.72. The lowest BCUT2D eigenvalue weighted by Gasteiger charge is -2.56. The average Bonchev–Trinajstić information content (AvgIpc) is 2.44. The van der Waals surface area contributed by atoms with E-state index in [-0.39, 0.29) is 30.8 Å². The third-order valence-corrected chi connectivity index (χ3v) is 5.20. The second-order valence-corrected chi connectivity index (χ2v) is 6.09. The van der Waals surface area contributed by atoms with Crippen molar-refractivity contribution in [3.05, 3.63) is 0 Å². The molecule has 0 heterocycles. The minimum absolute atomic E-state index is 0.0932. The summed E-state index contributed by atoms with van der Waals surface area (Å²) in [5, 5.41) is 0. The van der Waals surface area contributed by atoms with Crippen LogP contribution in [-0.4, -0.2) is 37.7 Å². The van der Waals surface area contributed by atoms with E-state index in [1.807, 2.05) is 0 Å². The first-order valence-corrected chi connectivity index (χ1v) is 6.67. The number of esters is 2. The molecule has 4 aliphatic rings. The van der Waals surface area contributed by atoms with Crippen molar-refractivity contribution >= 4 is 23.5 Å². The van der Waals surface area contributed by atoms with Gasteiger partial charge in [0.15, 0.2) is 11.6 Å². The minimum Gasteiger partial charge on any atom is -0.468 e. The number of rotatable bonds is 2. The van der Waals surface area contributed by atoms with Crippen molar-refractivity contribution in [1.29, 1.82) is 0 Å². The number of hydrogen-bond acceptors (Lipinski definition) is 6. The molecule has 6 heteroatoms. The monoisotopic (exact) mass is 280 g/mol. The molecule has 0 aromatic rings. The van der Waals surface area contributed by atoms with Crippen molar-refractivity contribution in [2.45, 2.75) is 25.7 Å². The van der Waals surface area contributed by atoms with Crippen molar-refractivity contribution in [2.75, 3.05) is 14.2 Å². The van der Waals surface area contributed by atoms with Gasteiger partial charge in [-0.05, 0) is 25.7 Å². The Kier molecular flexibility index (Phi) is 2.59. The van der Waals surface area contributed by atoms with Crippen molar-refractivity contribution in [3.8, 4) is 0 Å². The standard InChI is InChI=1S/C14H16O6/c1-19-11(17)13-4-7-3-8(9(13)15)5-14(6-13,10(7)16)12(18)20-2/h7-8H,3-6H2,1-2H3/t7-,8+,13-,14+. The van der Waals surface area contributed by atoms with E-state index < -0.39 is 34.6 Å². The molecular formula is C14H16O6. The van der Waals surface area contributed by atoms with Gasteiger partial charge in [-0.2, -0.15) is 0 Å². The zero-order valence-corrected chi connectivity index (χ0v) is 11.4. The van der Waals surface area contributed by atoms with E-state index in [0.717, 1.165) is 0 Å². The molecular weight excluding hydrogens is 264 g/mol. The van der Waals surface area contributed by atoms with Crippen LogP contribution in [0.5, 0.6) is 0 Å². The molecule has 0 aliphatic heterocycles. The molecule has 4 bridgehead atoms. The van der Waals surface area contributed by atoms with Gasteiger partial charge in [0.2, 0.25) is 0 Å². The summed E-state index contributed by atoms with van der Waals surface area (Å²) in [6.45, 7) is 0. The molecule has 4 saturated carbocycles. The lowest BCUT2D eigenvalue weighted by atomic mass is 9.43. The Balaban J connectivity index is 2.13. The highest BCUT2D eigenvalue weighted by Crippen LogP contribution is 2.62. The zero-order valence-electron chi connectivity index (χ0n) is 11.4. The van der Waals surface area contributed by atoms with E-state index in [9.17, 15) is 19.2 Å². The molecule has 0 spiro atoms. The van der Waals surface area contributed by atoms with E-state index >= 15 is 0 Å². The highest BCUT2D eigenvalue weighted by molar-refractivity contribution is 6.16. The molecule has 0 amide bonds. The smallest absolute Gasteiger partial charge is 0.319 e. The summed E-state index contributed by atoms with van der Waals surface area (Å²) >= 11 is 0. The van der Waals surface area contributed by atoms with Crippen LogP contribution in [0.3, 0.4) is 0 Å². The molecule has 0 unspecified atom stereocenters. The molecule has 0 aromatic heterocycles. The first kappa shape index (κ1) is 13.3. The SMILES string of the molecule is COC(=O)[C@]12C[C@H]3C[C@@H](C[C@](C(=O)OC)(C1)C3=O)C2=O. The topological polar surface area (TPSA) is 86.7 Å². The number of carbonyl (C=O) groups is 4. The first-order valence-electron chi connectivity index (χ1n) is 6.67. The van der Waals surface area contributed by atoms with Crippen molar-refractivity contribution in [2.24, 2.45) is 22.7 Å². The minimum atomic E-state index is -1.33. The van der Waals surface area contributed by atoms with E-state index in [1.54, 1.807) is 0 Å². The summed E-state index contributed by atoms with van der Waals surface area (Å²) in [7, 11) is 2.45. The Morgan fingerprint density at radius 1 is 0.950 bits per heavy atom. The summed E-state index contributed by atoms with van der Waals surface area (Å²) in [4.78, 5) is 49.2. The third-order valence-electron chi connectivity index (χ3n) is 5.20. The summed E-state index contributed by atoms with van der Waals surface area (Å²) in [5.74, 6) is -2.44. The van der Waals surface area contributed by atoms with Crippen LogP contribution in [-0.2, 0) is 28.7 Å². The molecule has 6 nitrogen and oxygen atoms in total. The third kappa shape index (κ3) is 1.29. The van der Waals surface area contributed by atoms with E-state index in [1.165, 1.54) is 14.2 Å². The highest BCUT2D eigenvalue weighted by atomic mass is 16.5. The summed E-state index contributed by atoms with van der Waals surface area (Å²) < 4.78 is 9.55. The van der Waals surface area contributed by atoms with Crippen molar-refractivity contribution < 1.29 is 28.7 Å². The summed E-state index contributed by atoms with van der Waals surface area (Å²) in [5.41, 5.74) is -2.66. The fraction of sp³-hybridized carbons (Fsp3) is 0.714. The fourth-order valence-electron chi connectivity index (χ4n) is 4.47. The lowest BCUT2D eigenvalue weighted by Crippen LogP contribution is -2.67. The van der Waals surface area contributed by atoms with Gasteiger partial charge in [0.25, 0.3) is 0 Å². The number of Topliss-reactive ketones (excluding diaryl/α,β-unsaturated/α-hetero) is 2. The maximum atomic E-state index is 12.5. The van der Waals surface area contributed by atoms with Crippen LogP contribution < -0.4 is 0 Å². The lowest BCUT2D eigenvalue weighted by molar-refractivity contribution is -0.192. The van der Waals surface area contributed by atoms with Crippen LogP contribution in [0.25, 0.3) is 0 Å². The van der Waals surface area contributed by atoms with Gasteiger partial charge in [0.1, 0.15) is 10.8 Å². The van der Waals surface area contributed by atoms with Crippen LogP contribution >= 0.6 is 0 Å². The Morgan fingerprint density at radius 2 is 1.35 bits per heavy atom. The Labute approximate surface area is 115 Å². The maximum Gasteiger partial charge on any atom is 0.319 e. The molecule has 4 atom stereocenters. The van der Waals surface area contributed by atoms with Crippen molar-refractivity contribution in [1.82, 2.24) is 0 Å². The number of ether oxygens (including phenoxy) is 2. The Morgan fingerprint density at radius 3 is 1.70 bits per heavy atom. The van der Waals surface area contributed by atoms with Crippen molar-refractivity contribution in [3.63, 3.8) is 0 Å². The predicted molar refractivity (Wildman–Crippen MR) is 64.4 cm³/mol. The van der Waals surface area contributed by atoms with Gasteiger partial charge in [0.05, 0.1) is 14.2 Å². The van der Waals surface area contributed by atoms with Crippen LogP contribution in [0.15, 0.2) is 0 Å². The van der Waals surface area contributed by atoms with Gasteiger partial charge in [-0.15, -0.1) is 0 Å². The second kappa shape index (κ2) is 3.90. The van der Waals surface area contributed by atoms with Gasteiger partial charge in [-0.3, -0.25) is 19.2 Å². The number of methoxy groups -OCH3 is 2. The quantitative estimate of drug-likeness (QED) is 0.533.